The van der Waals surface area contributed by atoms with Gasteiger partial charge in [-0.2, -0.15) is 0 Å². The van der Waals surface area contributed by atoms with Crippen LogP contribution in [0.4, 0.5) is 0 Å². The van der Waals surface area contributed by atoms with E-state index < -0.39 is 5.97 Å². The smallest absolute Gasteiger partial charge is 0.354 e. The summed E-state index contributed by atoms with van der Waals surface area (Å²) in [6.45, 7) is 1.81. The Kier molecular flexibility index (Phi) is 2.74. The van der Waals surface area contributed by atoms with Crippen molar-refractivity contribution in [2.24, 2.45) is 0 Å². The first-order chi connectivity index (χ1) is 7.50. The molecule has 82 valence electrons. The molecule has 3 nitrogen and oxygen atoms in total. The average molecular weight is 256 g/mol. The van der Waals surface area contributed by atoms with Crippen molar-refractivity contribution in [1.82, 2.24) is 4.98 Å². The highest BCUT2D eigenvalue weighted by Gasteiger charge is 2.12. The molecule has 0 atom stereocenters. The van der Waals surface area contributed by atoms with Crippen LogP contribution in [0.3, 0.4) is 0 Å². The predicted molar refractivity (Wildman–Crippen MR) is 63.5 cm³/mol. The van der Waals surface area contributed by atoms with Crippen molar-refractivity contribution in [3.63, 3.8) is 0 Å². The van der Waals surface area contributed by atoms with E-state index in [9.17, 15) is 4.79 Å². The lowest BCUT2D eigenvalue weighted by Gasteiger charge is -2.06. The van der Waals surface area contributed by atoms with Gasteiger partial charge in [0.05, 0.1) is 15.6 Å². The normalized spacial score (nSPS) is 10.7. The van der Waals surface area contributed by atoms with Crippen LogP contribution in [-0.2, 0) is 0 Å². The molecule has 1 N–H and O–H groups in total. The highest BCUT2D eigenvalue weighted by atomic mass is 35.5. The van der Waals surface area contributed by atoms with Gasteiger partial charge < -0.3 is 5.11 Å². The summed E-state index contributed by atoms with van der Waals surface area (Å²) >= 11 is 11.8. The second kappa shape index (κ2) is 3.92. The summed E-state index contributed by atoms with van der Waals surface area (Å²) in [5, 5.41) is 10.3. The molecular formula is C11H7Cl2NO2. The fourth-order valence-electron chi connectivity index (χ4n) is 1.51. The van der Waals surface area contributed by atoms with Crippen LogP contribution in [0.2, 0.25) is 10.0 Å². The Hall–Kier alpha value is -1.32. The number of carbonyl (C=O) groups is 1. The molecule has 5 heteroatoms. The zero-order chi connectivity index (χ0) is 11.9. The van der Waals surface area contributed by atoms with E-state index in [1.807, 2.05) is 0 Å². The number of carboxylic acids is 1. The third kappa shape index (κ3) is 1.72. The Bertz CT molecular complexity index is 596. The molecule has 0 fully saturated rings. The van der Waals surface area contributed by atoms with Gasteiger partial charge in [-0.15, -0.1) is 0 Å². The van der Waals surface area contributed by atoms with Crippen molar-refractivity contribution in [2.75, 3.05) is 0 Å². The van der Waals surface area contributed by atoms with Gasteiger partial charge in [-0.25, -0.2) is 9.78 Å². The van der Waals surface area contributed by atoms with Gasteiger partial charge in [0.2, 0.25) is 0 Å². The van der Waals surface area contributed by atoms with Crippen LogP contribution in [0.15, 0.2) is 18.2 Å². The minimum Gasteiger partial charge on any atom is -0.477 e. The van der Waals surface area contributed by atoms with Crippen LogP contribution in [-0.4, -0.2) is 16.1 Å². The second-order valence-corrected chi connectivity index (χ2v) is 4.17. The third-order valence-corrected chi connectivity index (χ3v) is 3.09. The van der Waals surface area contributed by atoms with E-state index in [0.717, 1.165) is 10.9 Å². The van der Waals surface area contributed by atoms with Crippen molar-refractivity contribution in [3.8, 4) is 0 Å². The Morgan fingerprint density at radius 3 is 2.69 bits per heavy atom. The summed E-state index contributed by atoms with van der Waals surface area (Å²) in [5.41, 5.74) is 1.20. The van der Waals surface area contributed by atoms with Gasteiger partial charge in [-0.05, 0) is 24.6 Å². The number of nitrogens with zero attached hydrogens (tertiary/aromatic N) is 1. The number of hydrogen-bond donors (Lipinski definition) is 1. The first-order valence-corrected chi connectivity index (χ1v) is 5.25. The number of carboxylic acid groups (broad SMARTS) is 1. The maximum absolute atomic E-state index is 10.9. The number of hydrogen-bond acceptors (Lipinski definition) is 2. The van der Waals surface area contributed by atoms with Gasteiger partial charge in [0.25, 0.3) is 0 Å². The van der Waals surface area contributed by atoms with Gasteiger partial charge >= 0.3 is 5.97 Å². The molecule has 2 aromatic rings. The molecule has 0 aliphatic carbocycles. The number of aromatic carboxylic acids is 1. The summed E-state index contributed by atoms with van der Waals surface area (Å²) < 4.78 is 0. The minimum absolute atomic E-state index is 0.0332. The Balaban J connectivity index is 2.88. The van der Waals surface area contributed by atoms with E-state index in [-0.39, 0.29) is 10.7 Å². The molecule has 0 spiro atoms. The molecule has 1 heterocycles. The zero-order valence-corrected chi connectivity index (χ0v) is 9.80. The first kappa shape index (κ1) is 11.2. The summed E-state index contributed by atoms with van der Waals surface area (Å²) in [6, 6.07) is 4.95. The van der Waals surface area contributed by atoms with Crippen LogP contribution >= 0.6 is 23.2 Å². The lowest BCUT2D eigenvalue weighted by molar-refractivity contribution is 0.0691. The van der Waals surface area contributed by atoms with Crippen LogP contribution in [0.5, 0.6) is 0 Å². The SMILES string of the molecule is Cc1cc(C(=O)O)nc2c(Cl)c(Cl)ccc12. The molecule has 1 aromatic carbocycles. The molecule has 2 rings (SSSR count). The lowest BCUT2D eigenvalue weighted by Crippen LogP contribution is -2.01. The van der Waals surface area contributed by atoms with Crippen LogP contribution in [0, 0.1) is 6.92 Å². The maximum Gasteiger partial charge on any atom is 0.354 e. The molecule has 0 bridgehead atoms. The molecule has 0 saturated carbocycles. The van der Waals surface area contributed by atoms with Gasteiger partial charge in [0, 0.05) is 5.39 Å². The van der Waals surface area contributed by atoms with Gasteiger partial charge in [0.1, 0.15) is 5.69 Å². The van der Waals surface area contributed by atoms with Crippen molar-refractivity contribution < 1.29 is 9.90 Å². The average Bonchev–Trinajstić information content (AvgIpc) is 2.23. The molecule has 0 unspecified atom stereocenters. The standard InChI is InChI=1S/C11H7Cl2NO2/c1-5-4-8(11(15)16)14-10-6(5)2-3-7(12)9(10)13/h2-4H,1H3,(H,15,16). The number of halogens is 2. The van der Waals surface area contributed by atoms with E-state index >= 15 is 0 Å². The monoisotopic (exact) mass is 255 g/mol. The number of rotatable bonds is 1. The van der Waals surface area contributed by atoms with E-state index in [1.165, 1.54) is 6.07 Å². The highest BCUT2D eigenvalue weighted by molar-refractivity contribution is 6.45. The number of fused-ring (bicyclic) bond motifs is 1. The topological polar surface area (TPSA) is 50.2 Å². The summed E-state index contributed by atoms with van der Waals surface area (Å²) in [5.74, 6) is -1.08. The fourth-order valence-corrected chi connectivity index (χ4v) is 1.87. The summed E-state index contributed by atoms with van der Waals surface area (Å²) in [4.78, 5) is 14.8. The zero-order valence-electron chi connectivity index (χ0n) is 8.29. The molecule has 0 aliphatic heterocycles. The third-order valence-electron chi connectivity index (χ3n) is 2.30. The molecule has 0 radical (unpaired) electrons. The van der Waals surface area contributed by atoms with Gasteiger partial charge in [0.15, 0.2) is 0 Å². The van der Waals surface area contributed by atoms with Crippen molar-refractivity contribution in [3.05, 3.63) is 39.5 Å². The van der Waals surface area contributed by atoms with Crippen LogP contribution < -0.4 is 0 Å². The quantitative estimate of drug-likeness (QED) is 0.848. The molecule has 0 amide bonds. The van der Waals surface area contributed by atoms with E-state index in [2.05, 4.69) is 4.98 Å². The largest absolute Gasteiger partial charge is 0.477 e. The van der Waals surface area contributed by atoms with E-state index in [0.29, 0.717) is 10.5 Å². The molecule has 0 aliphatic rings. The molecule has 1 aromatic heterocycles. The number of benzene rings is 1. The second-order valence-electron chi connectivity index (χ2n) is 3.39. The fraction of sp³-hybridized carbons (Fsp3) is 0.0909. The number of aryl methyl sites for hydroxylation is 1. The lowest BCUT2D eigenvalue weighted by atomic mass is 10.1. The summed E-state index contributed by atoms with van der Waals surface area (Å²) in [6.07, 6.45) is 0. The van der Waals surface area contributed by atoms with Crippen molar-refractivity contribution >= 4 is 40.1 Å². The first-order valence-electron chi connectivity index (χ1n) is 4.49. The summed E-state index contributed by atoms with van der Waals surface area (Å²) in [7, 11) is 0. The maximum atomic E-state index is 10.9. The van der Waals surface area contributed by atoms with Gasteiger partial charge in [-0.3, -0.25) is 0 Å². The van der Waals surface area contributed by atoms with Gasteiger partial charge in [-0.1, -0.05) is 29.3 Å². The van der Waals surface area contributed by atoms with Crippen LogP contribution in [0.1, 0.15) is 16.1 Å². The molecule has 16 heavy (non-hydrogen) atoms. The van der Waals surface area contributed by atoms with E-state index in [4.69, 9.17) is 28.3 Å². The molecule has 0 saturated heterocycles. The van der Waals surface area contributed by atoms with Crippen molar-refractivity contribution in [1.29, 1.82) is 0 Å². The predicted octanol–water partition coefficient (Wildman–Crippen LogP) is 3.55. The van der Waals surface area contributed by atoms with E-state index in [1.54, 1.807) is 19.1 Å². The highest BCUT2D eigenvalue weighted by Crippen LogP contribution is 2.31. The minimum atomic E-state index is -1.08. The Labute approximate surface area is 102 Å². The van der Waals surface area contributed by atoms with Crippen LogP contribution in [0.25, 0.3) is 10.9 Å². The number of aromatic nitrogens is 1. The Morgan fingerprint density at radius 1 is 1.38 bits per heavy atom. The number of pyridine rings is 1. The molecular weight excluding hydrogens is 249 g/mol. The Morgan fingerprint density at radius 2 is 2.06 bits per heavy atom. The van der Waals surface area contributed by atoms with Crippen molar-refractivity contribution in [2.45, 2.75) is 6.92 Å².